The van der Waals surface area contributed by atoms with Gasteiger partial charge in [-0.05, 0) is 11.4 Å². The highest BCUT2D eigenvalue weighted by molar-refractivity contribution is 7.10. The van der Waals surface area contributed by atoms with Crippen LogP contribution in [-0.2, 0) is 6.54 Å². The lowest BCUT2D eigenvalue weighted by molar-refractivity contribution is 0.0914. The van der Waals surface area contributed by atoms with Crippen molar-refractivity contribution in [2.75, 3.05) is 6.54 Å². The molecule has 2 aromatic rings. The van der Waals surface area contributed by atoms with Crippen molar-refractivity contribution in [2.45, 2.75) is 6.54 Å². The average Bonchev–Trinajstić information content (AvgIpc) is 3.04. The number of nitrogens with zero attached hydrogens (tertiary/aromatic N) is 1. The van der Waals surface area contributed by atoms with Crippen LogP contribution in [0.15, 0.2) is 28.2 Å². The van der Waals surface area contributed by atoms with Crippen LogP contribution in [0.1, 0.15) is 21.0 Å². The van der Waals surface area contributed by atoms with Crippen LogP contribution in [-0.4, -0.2) is 17.6 Å². The molecule has 0 saturated carbocycles. The van der Waals surface area contributed by atoms with Crippen LogP contribution in [0.3, 0.4) is 0 Å². The minimum atomic E-state index is -0.293. The topological polar surface area (TPSA) is 81.1 Å². The van der Waals surface area contributed by atoms with Gasteiger partial charge >= 0.3 is 0 Å². The molecule has 0 unspecified atom stereocenters. The second kappa shape index (κ2) is 6.00. The summed E-state index contributed by atoms with van der Waals surface area (Å²) in [7, 11) is 0. The summed E-state index contributed by atoms with van der Waals surface area (Å²) in [4.78, 5) is 12.6. The molecular weight excluding hydrogens is 250 g/mol. The van der Waals surface area contributed by atoms with Gasteiger partial charge in [0, 0.05) is 16.5 Å². The first kappa shape index (κ1) is 12.4. The molecule has 0 bridgehead atoms. The zero-order chi connectivity index (χ0) is 12.8. The number of nitrogens with one attached hydrogen (secondary N) is 1. The maximum absolute atomic E-state index is 11.6. The highest BCUT2D eigenvalue weighted by atomic mass is 32.1. The van der Waals surface area contributed by atoms with E-state index in [1.165, 1.54) is 23.6 Å². The Balaban J connectivity index is 1.98. The fraction of sp³-hybridized carbons (Fsp3) is 0.167. The molecule has 3 N–H and O–H groups in total. The van der Waals surface area contributed by atoms with Gasteiger partial charge in [0.25, 0.3) is 5.91 Å². The molecule has 5 nitrogen and oxygen atoms in total. The maximum atomic E-state index is 11.6. The molecule has 18 heavy (non-hydrogen) atoms. The number of rotatable bonds is 3. The van der Waals surface area contributed by atoms with E-state index in [0.29, 0.717) is 13.1 Å². The fourth-order valence-electron chi connectivity index (χ4n) is 1.32. The van der Waals surface area contributed by atoms with E-state index in [1.807, 2.05) is 11.4 Å². The Kier molecular flexibility index (Phi) is 4.12. The summed E-state index contributed by atoms with van der Waals surface area (Å²) in [6.45, 7) is 0.728. The van der Waals surface area contributed by atoms with E-state index in [0.717, 1.165) is 10.4 Å². The van der Waals surface area contributed by atoms with Crippen LogP contribution in [0.25, 0.3) is 0 Å². The summed E-state index contributed by atoms with van der Waals surface area (Å²) < 4.78 is 4.76. The van der Waals surface area contributed by atoms with Crippen molar-refractivity contribution >= 4 is 17.2 Å². The molecule has 0 spiro atoms. The summed E-state index contributed by atoms with van der Waals surface area (Å²) in [6.07, 6.45) is 1.43. The van der Waals surface area contributed by atoms with E-state index in [4.69, 9.17) is 10.3 Å². The molecule has 2 heterocycles. The minimum Gasteiger partial charge on any atom is -0.351 e. The van der Waals surface area contributed by atoms with Crippen molar-refractivity contribution < 1.29 is 9.32 Å². The van der Waals surface area contributed by atoms with Gasteiger partial charge in [0.15, 0.2) is 0 Å². The Bertz CT molecular complexity index is 578. The number of thiophene rings is 1. The van der Waals surface area contributed by atoms with Gasteiger partial charge in [-0.1, -0.05) is 17.0 Å². The number of hydrogen-bond donors (Lipinski definition) is 2. The molecule has 2 rings (SSSR count). The Morgan fingerprint density at radius 1 is 1.56 bits per heavy atom. The standard InChI is InChI=1S/C12H11N3O2S/c13-5-1-2-9-4-7-18-11(9)8-14-12(16)10-3-6-15-17-10/h3-4,6-7H,5,8,13H2,(H,14,16). The first-order valence-corrected chi connectivity index (χ1v) is 6.13. The van der Waals surface area contributed by atoms with Crippen LogP contribution >= 0.6 is 11.3 Å². The number of hydrogen-bond acceptors (Lipinski definition) is 5. The van der Waals surface area contributed by atoms with Crippen LogP contribution in [0.2, 0.25) is 0 Å². The average molecular weight is 261 g/mol. The van der Waals surface area contributed by atoms with Gasteiger partial charge in [0.1, 0.15) is 0 Å². The Morgan fingerprint density at radius 3 is 3.17 bits per heavy atom. The molecular formula is C12H11N3O2S. The third-order valence-corrected chi connectivity index (χ3v) is 3.06. The molecule has 92 valence electrons. The Labute approximate surface area is 108 Å². The minimum absolute atomic E-state index is 0.196. The van der Waals surface area contributed by atoms with Crippen LogP contribution in [0.5, 0.6) is 0 Å². The lowest BCUT2D eigenvalue weighted by atomic mass is 10.2. The number of nitrogens with two attached hydrogens (primary N) is 1. The second-order valence-corrected chi connectivity index (χ2v) is 4.32. The fourth-order valence-corrected chi connectivity index (χ4v) is 2.09. The van der Waals surface area contributed by atoms with Crippen molar-refractivity contribution in [1.82, 2.24) is 10.5 Å². The van der Waals surface area contributed by atoms with Gasteiger partial charge in [-0.3, -0.25) is 4.79 Å². The van der Waals surface area contributed by atoms with Gasteiger partial charge in [0.2, 0.25) is 5.76 Å². The Hall–Kier alpha value is -2.10. The number of carbonyl (C=O) groups is 1. The van der Waals surface area contributed by atoms with Gasteiger partial charge in [-0.2, -0.15) is 0 Å². The van der Waals surface area contributed by atoms with Crippen molar-refractivity contribution in [3.63, 3.8) is 0 Å². The van der Waals surface area contributed by atoms with E-state index >= 15 is 0 Å². The van der Waals surface area contributed by atoms with E-state index in [1.54, 1.807) is 0 Å². The molecule has 0 atom stereocenters. The van der Waals surface area contributed by atoms with E-state index < -0.39 is 0 Å². The van der Waals surface area contributed by atoms with Crippen LogP contribution in [0.4, 0.5) is 0 Å². The quantitative estimate of drug-likeness (QED) is 0.807. The SMILES string of the molecule is NCC#Cc1ccsc1CNC(=O)c1ccno1. The zero-order valence-corrected chi connectivity index (χ0v) is 10.3. The van der Waals surface area contributed by atoms with E-state index in [2.05, 4.69) is 22.3 Å². The number of amides is 1. The van der Waals surface area contributed by atoms with Crippen molar-refractivity contribution in [1.29, 1.82) is 0 Å². The molecule has 0 aliphatic heterocycles. The number of aromatic nitrogens is 1. The van der Waals surface area contributed by atoms with Gasteiger partial charge in [0.05, 0.1) is 19.3 Å². The molecule has 2 aromatic heterocycles. The first-order valence-electron chi connectivity index (χ1n) is 5.25. The predicted octanol–water partition coefficient (Wildman–Crippen LogP) is 0.976. The van der Waals surface area contributed by atoms with Gasteiger partial charge < -0.3 is 15.6 Å². The van der Waals surface area contributed by atoms with Crippen molar-refractivity contribution in [3.8, 4) is 11.8 Å². The largest absolute Gasteiger partial charge is 0.351 e. The summed E-state index contributed by atoms with van der Waals surface area (Å²) >= 11 is 1.53. The lowest BCUT2D eigenvalue weighted by Crippen LogP contribution is -2.22. The first-order chi connectivity index (χ1) is 8.81. The maximum Gasteiger partial charge on any atom is 0.290 e. The third kappa shape index (κ3) is 2.97. The molecule has 6 heteroatoms. The summed E-state index contributed by atoms with van der Waals surface area (Å²) in [5, 5.41) is 8.15. The second-order valence-electron chi connectivity index (χ2n) is 3.32. The molecule has 1 amide bonds. The summed E-state index contributed by atoms with van der Waals surface area (Å²) in [5.41, 5.74) is 6.21. The zero-order valence-electron chi connectivity index (χ0n) is 9.47. The van der Waals surface area contributed by atoms with Gasteiger partial charge in [-0.15, -0.1) is 11.3 Å². The normalized spacial score (nSPS) is 9.61. The molecule has 0 fully saturated rings. The van der Waals surface area contributed by atoms with Crippen LogP contribution < -0.4 is 11.1 Å². The Morgan fingerprint density at radius 2 is 2.44 bits per heavy atom. The van der Waals surface area contributed by atoms with Gasteiger partial charge in [-0.25, -0.2) is 0 Å². The highest BCUT2D eigenvalue weighted by Crippen LogP contribution is 2.15. The molecule has 0 aliphatic carbocycles. The smallest absolute Gasteiger partial charge is 0.290 e. The molecule has 0 aliphatic rings. The van der Waals surface area contributed by atoms with Crippen LogP contribution in [0, 0.1) is 11.8 Å². The predicted molar refractivity (Wildman–Crippen MR) is 67.9 cm³/mol. The monoisotopic (exact) mass is 261 g/mol. The van der Waals surface area contributed by atoms with E-state index in [9.17, 15) is 4.79 Å². The lowest BCUT2D eigenvalue weighted by Gasteiger charge is -2.01. The molecule has 0 saturated heterocycles. The van der Waals surface area contributed by atoms with Crippen molar-refractivity contribution in [2.24, 2.45) is 5.73 Å². The highest BCUT2D eigenvalue weighted by Gasteiger charge is 2.10. The van der Waals surface area contributed by atoms with E-state index in [-0.39, 0.29) is 11.7 Å². The third-order valence-electron chi connectivity index (χ3n) is 2.14. The molecule has 0 aromatic carbocycles. The molecule has 0 radical (unpaired) electrons. The summed E-state index contributed by atoms with van der Waals surface area (Å²) in [5.74, 6) is 5.65. The van der Waals surface area contributed by atoms with Crippen molar-refractivity contribution in [3.05, 3.63) is 39.9 Å². The number of carbonyl (C=O) groups excluding carboxylic acids is 1. The summed E-state index contributed by atoms with van der Waals surface area (Å²) in [6, 6.07) is 3.42.